The van der Waals surface area contributed by atoms with E-state index in [2.05, 4.69) is 4.98 Å². The summed E-state index contributed by atoms with van der Waals surface area (Å²) in [6.45, 7) is 0. The van der Waals surface area contributed by atoms with E-state index in [1.54, 1.807) is 36.0 Å². The van der Waals surface area contributed by atoms with Gasteiger partial charge in [-0.15, -0.1) is 0 Å². The van der Waals surface area contributed by atoms with Crippen molar-refractivity contribution in [3.05, 3.63) is 70.0 Å². The van der Waals surface area contributed by atoms with Crippen molar-refractivity contribution in [3.63, 3.8) is 0 Å². The van der Waals surface area contributed by atoms with Crippen molar-refractivity contribution in [2.45, 2.75) is 11.1 Å². The molecule has 30 heavy (non-hydrogen) atoms. The minimum Gasteiger partial charge on any atom is -0.333 e. The van der Waals surface area contributed by atoms with E-state index in [0.29, 0.717) is 28.5 Å². The molecule has 1 aromatic heterocycles. The van der Waals surface area contributed by atoms with Crippen molar-refractivity contribution >= 4 is 39.1 Å². The summed E-state index contributed by atoms with van der Waals surface area (Å²) in [5, 5.41) is -0.109. The highest BCUT2D eigenvalue weighted by molar-refractivity contribution is 7.90. The number of sulfonamides is 1. The third kappa shape index (κ3) is 4.45. The second-order valence-electron chi connectivity index (χ2n) is 6.12. The average Bonchev–Trinajstić information content (AvgIpc) is 3.03. The van der Waals surface area contributed by atoms with Crippen molar-refractivity contribution in [2.75, 3.05) is 0 Å². The van der Waals surface area contributed by atoms with Gasteiger partial charge in [0.25, 0.3) is 15.9 Å². The molecule has 6 nitrogen and oxygen atoms in total. The summed E-state index contributed by atoms with van der Waals surface area (Å²) in [6, 6.07) is 8.46. The third-order valence-corrected chi connectivity index (χ3v) is 6.14. The number of hydrogen-bond acceptors (Lipinski definition) is 4. The smallest absolute Gasteiger partial charge is 0.333 e. The molecule has 1 heterocycles. The molecular weight excluding hydrogens is 466 g/mol. The zero-order valence-corrected chi connectivity index (χ0v) is 17.4. The maximum atomic E-state index is 12.9. The Morgan fingerprint density at radius 1 is 1.10 bits per heavy atom. The number of halogens is 5. The van der Waals surface area contributed by atoms with Crippen LogP contribution in [-0.2, 0) is 23.2 Å². The Labute approximate surface area is 179 Å². The van der Waals surface area contributed by atoms with Gasteiger partial charge < -0.3 is 4.57 Å². The number of nitrogens with one attached hydrogen (secondary N) is 1. The summed E-state index contributed by atoms with van der Waals surface area (Å²) < 4.78 is 66.9. The number of aromatic nitrogens is 2. The highest BCUT2D eigenvalue weighted by Gasteiger charge is 2.33. The first-order chi connectivity index (χ1) is 13.9. The Bertz CT molecular complexity index is 1240. The first-order valence-electron chi connectivity index (χ1n) is 8.12. The van der Waals surface area contributed by atoms with E-state index in [9.17, 15) is 26.4 Å². The molecule has 0 fully saturated rings. The molecule has 0 aliphatic heterocycles. The van der Waals surface area contributed by atoms with Crippen LogP contribution >= 0.6 is 23.2 Å². The van der Waals surface area contributed by atoms with Gasteiger partial charge in [0.1, 0.15) is 16.4 Å². The molecule has 0 bridgehead atoms. The molecule has 0 spiro atoms. The molecule has 0 radical (unpaired) electrons. The number of nitrogens with zero attached hydrogens (tertiary/aromatic N) is 2. The zero-order chi connectivity index (χ0) is 22.3. The Kier molecular flexibility index (Phi) is 5.85. The first kappa shape index (κ1) is 22.1. The fourth-order valence-corrected chi connectivity index (χ4v) is 4.29. The Morgan fingerprint density at radius 2 is 1.77 bits per heavy atom. The molecule has 1 amide bonds. The number of imidazole rings is 1. The van der Waals surface area contributed by atoms with Crippen molar-refractivity contribution < 1.29 is 26.4 Å². The van der Waals surface area contributed by atoms with Gasteiger partial charge in [0.15, 0.2) is 0 Å². The maximum Gasteiger partial charge on any atom is 0.416 e. The summed E-state index contributed by atoms with van der Waals surface area (Å²) in [6.07, 6.45) is -3.53. The summed E-state index contributed by atoms with van der Waals surface area (Å²) in [5.74, 6) is -0.849. The highest BCUT2D eigenvalue weighted by atomic mass is 35.5. The van der Waals surface area contributed by atoms with Crippen LogP contribution in [0, 0.1) is 0 Å². The van der Waals surface area contributed by atoms with Gasteiger partial charge in [-0.25, -0.2) is 18.1 Å². The van der Waals surface area contributed by atoms with Crippen LogP contribution in [0.15, 0.2) is 53.6 Å². The topological polar surface area (TPSA) is 81.1 Å². The lowest BCUT2D eigenvalue weighted by molar-refractivity contribution is -0.137. The average molecular weight is 478 g/mol. The summed E-state index contributed by atoms with van der Waals surface area (Å²) in [4.78, 5) is 15.7. The molecular formula is C18H12Cl2F3N3O3S. The number of carbonyl (C=O) groups excluding carboxylic acids is 1. The van der Waals surface area contributed by atoms with Crippen LogP contribution in [0.2, 0.25) is 10.0 Å². The lowest BCUT2D eigenvalue weighted by Crippen LogP contribution is -2.31. The van der Waals surface area contributed by atoms with Crippen LogP contribution < -0.4 is 4.72 Å². The molecule has 0 aliphatic rings. The number of aryl methyl sites for hydroxylation is 1. The summed E-state index contributed by atoms with van der Waals surface area (Å²) in [5.41, 5.74) is -0.998. The molecule has 158 valence electrons. The maximum absolute atomic E-state index is 12.9. The van der Waals surface area contributed by atoms with E-state index in [4.69, 9.17) is 23.2 Å². The normalized spacial score (nSPS) is 12.1. The van der Waals surface area contributed by atoms with Crippen LogP contribution in [0.25, 0.3) is 11.4 Å². The zero-order valence-electron chi connectivity index (χ0n) is 15.0. The monoisotopic (exact) mass is 477 g/mol. The van der Waals surface area contributed by atoms with E-state index in [-0.39, 0.29) is 5.69 Å². The quantitative estimate of drug-likeness (QED) is 0.598. The van der Waals surface area contributed by atoms with E-state index in [1.165, 1.54) is 10.8 Å². The van der Waals surface area contributed by atoms with E-state index in [1.807, 2.05) is 0 Å². The van der Waals surface area contributed by atoms with Gasteiger partial charge in [-0.1, -0.05) is 35.3 Å². The van der Waals surface area contributed by atoms with Crippen molar-refractivity contribution in [1.29, 1.82) is 0 Å². The van der Waals surface area contributed by atoms with Gasteiger partial charge in [-0.2, -0.15) is 13.2 Å². The standard InChI is InChI=1S/C18H12Cl2F3N3O3S/c1-26-9-14(24-16(26)11-4-2-3-5-12(11)19)17(27)25-30(28,29)15-8-10(18(21,22)23)6-7-13(15)20/h2-9H,1H3,(H,25,27). The van der Waals surface area contributed by atoms with Crippen LogP contribution in [-0.4, -0.2) is 23.9 Å². The molecule has 0 saturated heterocycles. The minimum atomic E-state index is -4.79. The van der Waals surface area contributed by atoms with Crippen molar-refractivity contribution in [2.24, 2.45) is 7.05 Å². The fourth-order valence-electron chi connectivity index (χ4n) is 2.58. The second-order valence-corrected chi connectivity index (χ2v) is 8.58. The predicted molar refractivity (Wildman–Crippen MR) is 105 cm³/mol. The third-order valence-electron chi connectivity index (χ3n) is 4.00. The number of alkyl halides is 3. The van der Waals surface area contributed by atoms with Gasteiger partial charge in [0.2, 0.25) is 0 Å². The summed E-state index contributed by atoms with van der Waals surface area (Å²) >= 11 is 11.9. The predicted octanol–water partition coefficient (Wildman–Crippen LogP) is 4.53. The number of amides is 1. The molecule has 12 heteroatoms. The lowest BCUT2D eigenvalue weighted by Gasteiger charge is -2.11. The lowest BCUT2D eigenvalue weighted by atomic mass is 10.2. The van der Waals surface area contributed by atoms with Crippen LogP contribution in [0.4, 0.5) is 13.2 Å². The van der Waals surface area contributed by atoms with Crippen LogP contribution in [0.1, 0.15) is 16.1 Å². The largest absolute Gasteiger partial charge is 0.416 e. The van der Waals surface area contributed by atoms with Gasteiger partial charge >= 0.3 is 6.18 Å². The van der Waals surface area contributed by atoms with Gasteiger partial charge in [-0.3, -0.25) is 4.79 Å². The number of rotatable bonds is 4. The van der Waals surface area contributed by atoms with Gasteiger partial charge in [0.05, 0.1) is 15.6 Å². The molecule has 2 aromatic carbocycles. The van der Waals surface area contributed by atoms with Gasteiger partial charge in [0, 0.05) is 18.8 Å². The molecule has 0 atom stereocenters. The van der Waals surface area contributed by atoms with Crippen LogP contribution in [0.5, 0.6) is 0 Å². The van der Waals surface area contributed by atoms with Crippen LogP contribution in [0.3, 0.4) is 0 Å². The molecule has 0 saturated carbocycles. The molecule has 0 aliphatic carbocycles. The molecule has 1 N–H and O–H groups in total. The number of hydrogen-bond donors (Lipinski definition) is 1. The first-order valence-corrected chi connectivity index (χ1v) is 10.4. The van der Waals surface area contributed by atoms with Crippen molar-refractivity contribution in [3.8, 4) is 11.4 Å². The highest BCUT2D eigenvalue weighted by Crippen LogP contribution is 2.33. The molecule has 3 rings (SSSR count). The Morgan fingerprint density at radius 3 is 2.40 bits per heavy atom. The van der Waals surface area contributed by atoms with Gasteiger partial charge in [-0.05, 0) is 30.3 Å². The molecule has 0 unspecified atom stereocenters. The van der Waals surface area contributed by atoms with E-state index in [0.717, 1.165) is 6.07 Å². The number of carbonyl (C=O) groups is 1. The Balaban J connectivity index is 1.93. The minimum absolute atomic E-state index is 0.279. The van der Waals surface area contributed by atoms with Crippen molar-refractivity contribution in [1.82, 2.24) is 14.3 Å². The second kappa shape index (κ2) is 7.93. The fraction of sp³-hybridized carbons (Fsp3) is 0.111. The van der Waals surface area contributed by atoms with E-state index < -0.39 is 37.6 Å². The summed E-state index contributed by atoms with van der Waals surface area (Å²) in [7, 11) is -3.13. The Hall–Kier alpha value is -2.56. The number of benzene rings is 2. The molecule has 3 aromatic rings. The SMILES string of the molecule is Cn1cc(C(=O)NS(=O)(=O)c2cc(C(F)(F)F)ccc2Cl)nc1-c1ccccc1Cl. The van der Waals surface area contributed by atoms with E-state index >= 15 is 0 Å².